The van der Waals surface area contributed by atoms with Crippen molar-refractivity contribution in [3.05, 3.63) is 35.4 Å². The molecule has 1 saturated heterocycles. The second kappa shape index (κ2) is 6.16. The largest absolute Gasteiger partial charge is 0.480 e. The number of carbonyl (C=O) groups excluding carboxylic acids is 3. The van der Waals surface area contributed by atoms with Crippen molar-refractivity contribution in [1.82, 2.24) is 10.2 Å². The molecule has 126 valence electrons. The fourth-order valence-corrected chi connectivity index (χ4v) is 4.38. The minimum Gasteiger partial charge on any atom is -0.480 e. The molecule has 2 heterocycles. The van der Waals surface area contributed by atoms with Crippen LogP contribution in [0, 0.1) is 0 Å². The van der Waals surface area contributed by atoms with Gasteiger partial charge in [-0.3, -0.25) is 14.4 Å². The lowest BCUT2D eigenvalue weighted by atomic mass is 10.1. The maximum absolute atomic E-state index is 12.5. The van der Waals surface area contributed by atoms with E-state index in [4.69, 9.17) is 10.8 Å². The number of amides is 3. The number of hydrogen-bond donors (Lipinski definition) is 3. The van der Waals surface area contributed by atoms with E-state index in [0.717, 1.165) is 5.56 Å². The monoisotopic (exact) mass is 349 g/mol. The van der Waals surface area contributed by atoms with Crippen molar-refractivity contribution >= 4 is 35.5 Å². The molecule has 2 aliphatic rings. The highest BCUT2D eigenvalue weighted by Gasteiger charge is 2.48. The van der Waals surface area contributed by atoms with Gasteiger partial charge in [0.2, 0.25) is 11.8 Å². The summed E-state index contributed by atoms with van der Waals surface area (Å²) in [6, 6.07) is 4.95. The number of carboxylic acids is 1. The Morgan fingerprint density at radius 1 is 1.38 bits per heavy atom. The van der Waals surface area contributed by atoms with E-state index in [-0.39, 0.29) is 11.3 Å². The van der Waals surface area contributed by atoms with Crippen LogP contribution in [0.4, 0.5) is 0 Å². The zero-order chi connectivity index (χ0) is 17.4. The Hall–Kier alpha value is -2.55. The van der Waals surface area contributed by atoms with E-state index >= 15 is 0 Å². The van der Waals surface area contributed by atoms with Gasteiger partial charge in [-0.2, -0.15) is 0 Å². The van der Waals surface area contributed by atoms with E-state index in [0.29, 0.717) is 11.3 Å². The first-order valence-corrected chi connectivity index (χ1v) is 8.29. The number of hydrogen-bond acceptors (Lipinski definition) is 5. The number of thioether (sulfide) groups is 1. The van der Waals surface area contributed by atoms with Crippen LogP contribution >= 0.6 is 11.8 Å². The standard InChI is InChI=1S/C15H15N3O5S/c16-11(19)5-9(15(22)23)17-12(20)10-6-24-14-8-4-2-1-3-7(8)13(21)18(10)14/h1-4,9-10,14H,5-6H2,(H2,16,19)(H,17,20)(H,22,23)/t9-,10-,14?/m0/s1. The molecule has 0 radical (unpaired) electrons. The quantitative estimate of drug-likeness (QED) is 0.669. The zero-order valence-electron chi connectivity index (χ0n) is 12.5. The van der Waals surface area contributed by atoms with Gasteiger partial charge in [0.1, 0.15) is 17.5 Å². The number of carbonyl (C=O) groups is 4. The third-order valence-corrected chi connectivity index (χ3v) is 5.32. The molecule has 1 aromatic rings. The molecule has 1 unspecified atom stereocenters. The van der Waals surface area contributed by atoms with Gasteiger partial charge in [0.15, 0.2) is 0 Å². The number of nitrogens with two attached hydrogens (primary N) is 1. The van der Waals surface area contributed by atoms with Crippen molar-refractivity contribution in [2.45, 2.75) is 23.9 Å². The molecule has 3 atom stereocenters. The number of nitrogens with zero attached hydrogens (tertiary/aromatic N) is 1. The van der Waals surface area contributed by atoms with Gasteiger partial charge in [0.25, 0.3) is 5.91 Å². The average Bonchev–Trinajstić information content (AvgIpc) is 3.07. The van der Waals surface area contributed by atoms with E-state index < -0.39 is 36.3 Å². The molecular formula is C15H15N3O5S. The Labute approximate surface area is 141 Å². The van der Waals surface area contributed by atoms with Gasteiger partial charge >= 0.3 is 5.97 Å². The lowest BCUT2D eigenvalue weighted by Gasteiger charge is -2.24. The van der Waals surface area contributed by atoms with Crippen molar-refractivity contribution < 1.29 is 24.3 Å². The van der Waals surface area contributed by atoms with Crippen LogP contribution in [0.2, 0.25) is 0 Å². The third kappa shape index (κ3) is 2.71. The van der Waals surface area contributed by atoms with E-state index in [1.165, 1.54) is 16.7 Å². The summed E-state index contributed by atoms with van der Waals surface area (Å²) >= 11 is 1.45. The highest BCUT2D eigenvalue weighted by molar-refractivity contribution is 7.99. The van der Waals surface area contributed by atoms with E-state index in [1.54, 1.807) is 12.1 Å². The number of rotatable bonds is 5. The molecule has 3 rings (SSSR count). The maximum Gasteiger partial charge on any atom is 0.326 e. The summed E-state index contributed by atoms with van der Waals surface area (Å²) in [7, 11) is 0. The Morgan fingerprint density at radius 3 is 2.75 bits per heavy atom. The lowest BCUT2D eigenvalue weighted by Crippen LogP contribution is -2.52. The van der Waals surface area contributed by atoms with Gasteiger partial charge in [-0.1, -0.05) is 18.2 Å². The van der Waals surface area contributed by atoms with Crippen LogP contribution in [-0.2, 0) is 14.4 Å². The fraction of sp³-hybridized carbons (Fsp3) is 0.333. The smallest absolute Gasteiger partial charge is 0.326 e. The first-order valence-electron chi connectivity index (χ1n) is 7.25. The molecule has 0 bridgehead atoms. The molecular weight excluding hydrogens is 334 g/mol. The molecule has 0 aliphatic carbocycles. The minimum atomic E-state index is -1.40. The summed E-state index contributed by atoms with van der Waals surface area (Å²) in [4.78, 5) is 48.5. The van der Waals surface area contributed by atoms with Crippen LogP contribution in [0.1, 0.15) is 27.7 Å². The summed E-state index contributed by atoms with van der Waals surface area (Å²) in [5, 5.41) is 11.1. The van der Waals surface area contributed by atoms with Crippen LogP contribution in [0.15, 0.2) is 24.3 Å². The molecule has 4 N–H and O–H groups in total. The van der Waals surface area contributed by atoms with Crippen molar-refractivity contribution in [1.29, 1.82) is 0 Å². The van der Waals surface area contributed by atoms with Gasteiger partial charge < -0.3 is 21.1 Å². The summed E-state index contributed by atoms with van der Waals surface area (Å²) in [5.74, 6) is -2.66. The Kier molecular flexibility index (Phi) is 4.18. The highest BCUT2D eigenvalue weighted by atomic mass is 32.2. The second-order valence-corrected chi connectivity index (χ2v) is 6.68. The molecule has 2 aliphatic heterocycles. The summed E-state index contributed by atoms with van der Waals surface area (Å²) in [6.07, 6.45) is -0.501. The fourth-order valence-electron chi connectivity index (χ4n) is 2.91. The normalized spacial score (nSPS) is 22.7. The second-order valence-electron chi connectivity index (χ2n) is 5.57. The molecule has 1 fully saturated rings. The van der Waals surface area contributed by atoms with Crippen LogP contribution in [0.3, 0.4) is 0 Å². The van der Waals surface area contributed by atoms with E-state index in [9.17, 15) is 19.2 Å². The number of carboxylic acid groups (broad SMARTS) is 1. The molecule has 0 saturated carbocycles. The Bertz CT molecular complexity index is 738. The van der Waals surface area contributed by atoms with Gasteiger partial charge in [0, 0.05) is 11.3 Å². The number of benzene rings is 1. The van der Waals surface area contributed by atoms with Crippen molar-refractivity contribution in [3.63, 3.8) is 0 Å². The predicted molar refractivity (Wildman–Crippen MR) is 85.0 cm³/mol. The van der Waals surface area contributed by atoms with Crippen LogP contribution in [0.25, 0.3) is 0 Å². The first kappa shape index (κ1) is 16.3. The van der Waals surface area contributed by atoms with Gasteiger partial charge in [-0.15, -0.1) is 11.8 Å². The van der Waals surface area contributed by atoms with Crippen molar-refractivity contribution in [3.8, 4) is 0 Å². The number of aliphatic carboxylic acids is 1. The number of nitrogens with one attached hydrogen (secondary N) is 1. The van der Waals surface area contributed by atoms with E-state index in [2.05, 4.69) is 5.32 Å². The van der Waals surface area contributed by atoms with Crippen molar-refractivity contribution in [2.24, 2.45) is 5.73 Å². The highest BCUT2D eigenvalue weighted by Crippen LogP contribution is 2.48. The summed E-state index contributed by atoms with van der Waals surface area (Å²) in [6.45, 7) is 0. The maximum atomic E-state index is 12.5. The van der Waals surface area contributed by atoms with E-state index in [1.807, 2.05) is 12.1 Å². The zero-order valence-corrected chi connectivity index (χ0v) is 13.3. The van der Waals surface area contributed by atoms with Crippen LogP contribution in [0.5, 0.6) is 0 Å². The van der Waals surface area contributed by atoms with Crippen molar-refractivity contribution in [2.75, 3.05) is 5.75 Å². The number of primary amides is 1. The summed E-state index contributed by atoms with van der Waals surface area (Å²) < 4.78 is 0. The Morgan fingerprint density at radius 2 is 2.08 bits per heavy atom. The molecule has 0 aromatic heterocycles. The molecule has 0 spiro atoms. The van der Waals surface area contributed by atoms with Crippen LogP contribution < -0.4 is 11.1 Å². The molecule has 24 heavy (non-hydrogen) atoms. The topological polar surface area (TPSA) is 130 Å². The molecule has 1 aromatic carbocycles. The average molecular weight is 349 g/mol. The predicted octanol–water partition coefficient (Wildman–Crippen LogP) is -0.299. The third-order valence-electron chi connectivity index (χ3n) is 4.01. The number of fused-ring (bicyclic) bond motifs is 3. The lowest BCUT2D eigenvalue weighted by molar-refractivity contribution is -0.143. The summed E-state index contributed by atoms with van der Waals surface area (Å²) in [5.41, 5.74) is 6.41. The molecule has 3 amide bonds. The van der Waals surface area contributed by atoms with Crippen LogP contribution in [-0.4, -0.2) is 51.5 Å². The first-order chi connectivity index (χ1) is 11.4. The van der Waals surface area contributed by atoms with Gasteiger partial charge in [-0.05, 0) is 11.6 Å². The van der Waals surface area contributed by atoms with Gasteiger partial charge in [0.05, 0.1) is 6.42 Å². The minimum absolute atomic E-state index is 0.246. The molecule has 8 nitrogen and oxygen atoms in total. The Balaban J connectivity index is 1.77. The molecule has 9 heteroatoms. The SMILES string of the molecule is NC(=O)C[C@H](NC(=O)[C@@H]1CSC2c3ccccc3C(=O)N21)C(=O)O. The van der Waals surface area contributed by atoms with Gasteiger partial charge in [-0.25, -0.2) is 4.79 Å².